The number of rotatable bonds is 5. The van der Waals surface area contributed by atoms with Crippen molar-refractivity contribution in [2.75, 3.05) is 17.7 Å². The maximum atomic E-state index is 10.8. The average Bonchev–Trinajstić information content (AvgIpc) is 2.81. The summed E-state index contributed by atoms with van der Waals surface area (Å²) in [5.74, 6) is 0.894. The van der Waals surface area contributed by atoms with Gasteiger partial charge in [-0.1, -0.05) is 0 Å². The van der Waals surface area contributed by atoms with Gasteiger partial charge in [-0.2, -0.15) is 5.10 Å². The topological polar surface area (TPSA) is 97.9 Å². The molecule has 2 N–H and O–H groups in total. The molecular formula is C11H14N6O2. The summed E-state index contributed by atoms with van der Waals surface area (Å²) in [5.41, 5.74) is 0.967. The molecular weight excluding hydrogens is 248 g/mol. The van der Waals surface area contributed by atoms with Crippen LogP contribution in [0, 0.1) is 10.1 Å². The smallest absolute Gasteiger partial charge is 0.276 e. The number of hydrogen-bond acceptors (Lipinski definition) is 6. The van der Waals surface area contributed by atoms with Crippen molar-refractivity contribution in [3.63, 3.8) is 0 Å². The number of nitrogens with one attached hydrogen (secondary N) is 2. The average molecular weight is 262 g/mol. The Hall–Kier alpha value is -2.64. The standard InChI is InChI=1S/C11H14N6O2/c1-12-10-3-9(17(18)19)4-11(15-10)13-5-8-6-14-16(2)7-8/h3-4,6-7H,5H2,1-2H3,(H2,12,13,15). The van der Waals surface area contributed by atoms with Crippen LogP contribution in [0.1, 0.15) is 5.56 Å². The SMILES string of the molecule is CNc1cc([N+](=O)[O-])cc(NCc2cnn(C)c2)n1. The van der Waals surface area contributed by atoms with E-state index in [2.05, 4.69) is 20.7 Å². The van der Waals surface area contributed by atoms with Gasteiger partial charge >= 0.3 is 0 Å². The zero-order valence-corrected chi connectivity index (χ0v) is 10.6. The van der Waals surface area contributed by atoms with Crippen molar-refractivity contribution in [1.82, 2.24) is 14.8 Å². The van der Waals surface area contributed by atoms with Crippen LogP contribution < -0.4 is 10.6 Å². The van der Waals surface area contributed by atoms with Crippen LogP contribution >= 0.6 is 0 Å². The van der Waals surface area contributed by atoms with E-state index in [-0.39, 0.29) is 5.69 Å². The zero-order chi connectivity index (χ0) is 13.8. The first-order valence-corrected chi connectivity index (χ1v) is 5.64. The molecule has 2 aromatic heterocycles. The maximum absolute atomic E-state index is 10.8. The molecule has 0 atom stereocenters. The van der Waals surface area contributed by atoms with Gasteiger partial charge in [0, 0.05) is 32.4 Å². The minimum Gasteiger partial charge on any atom is -0.373 e. The van der Waals surface area contributed by atoms with Gasteiger partial charge in [-0.25, -0.2) is 4.98 Å². The number of pyridine rings is 1. The Morgan fingerprint density at radius 2 is 2.16 bits per heavy atom. The third-order valence-electron chi connectivity index (χ3n) is 2.51. The second-order valence-electron chi connectivity index (χ2n) is 3.98. The van der Waals surface area contributed by atoms with Crippen molar-refractivity contribution < 1.29 is 4.92 Å². The molecule has 0 aliphatic carbocycles. The summed E-state index contributed by atoms with van der Waals surface area (Å²) in [6.07, 6.45) is 3.59. The molecule has 2 heterocycles. The van der Waals surface area contributed by atoms with Crippen LogP contribution in [0.3, 0.4) is 0 Å². The Morgan fingerprint density at radius 3 is 2.74 bits per heavy atom. The lowest BCUT2D eigenvalue weighted by molar-refractivity contribution is -0.384. The van der Waals surface area contributed by atoms with E-state index in [1.807, 2.05) is 13.2 Å². The summed E-state index contributed by atoms with van der Waals surface area (Å²) in [4.78, 5) is 14.6. The number of hydrogen-bond donors (Lipinski definition) is 2. The van der Waals surface area contributed by atoms with Gasteiger partial charge in [0.05, 0.1) is 23.3 Å². The highest BCUT2D eigenvalue weighted by Crippen LogP contribution is 2.20. The number of aromatic nitrogens is 3. The molecule has 2 rings (SSSR count). The molecule has 0 radical (unpaired) electrons. The van der Waals surface area contributed by atoms with Crippen LogP contribution in [0.25, 0.3) is 0 Å². The monoisotopic (exact) mass is 262 g/mol. The molecule has 100 valence electrons. The highest BCUT2D eigenvalue weighted by molar-refractivity contribution is 5.54. The summed E-state index contributed by atoms with van der Waals surface area (Å²) in [5, 5.41) is 20.7. The van der Waals surface area contributed by atoms with E-state index in [1.54, 1.807) is 17.9 Å². The predicted molar refractivity (Wildman–Crippen MR) is 71.0 cm³/mol. The highest BCUT2D eigenvalue weighted by atomic mass is 16.6. The van der Waals surface area contributed by atoms with Crippen LogP contribution in [0.5, 0.6) is 0 Å². The zero-order valence-electron chi connectivity index (χ0n) is 10.6. The Labute approximate surface area is 109 Å². The van der Waals surface area contributed by atoms with Gasteiger partial charge in [-0.3, -0.25) is 14.8 Å². The van der Waals surface area contributed by atoms with Crippen LogP contribution in [0.2, 0.25) is 0 Å². The Bertz CT molecular complexity index is 595. The largest absolute Gasteiger partial charge is 0.373 e. The third-order valence-corrected chi connectivity index (χ3v) is 2.51. The normalized spacial score (nSPS) is 10.2. The number of anilines is 2. The van der Waals surface area contributed by atoms with Gasteiger partial charge in [-0.05, 0) is 0 Å². The van der Waals surface area contributed by atoms with E-state index in [4.69, 9.17) is 0 Å². The molecule has 0 saturated carbocycles. The summed E-state index contributed by atoms with van der Waals surface area (Å²) >= 11 is 0. The first-order chi connectivity index (χ1) is 9.08. The fourth-order valence-electron chi connectivity index (χ4n) is 1.60. The summed E-state index contributed by atoms with van der Waals surface area (Å²) < 4.78 is 1.69. The Balaban J connectivity index is 2.15. The molecule has 0 aliphatic heterocycles. The number of nitro groups is 1. The van der Waals surface area contributed by atoms with E-state index in [1.165, 1.54) is 12.1 Å². The third kappa shape index (κ3) is 3.18. The molecule has 0 amide bonds. The van der Waals surface area contributed by atoms with Crippen LogP contribution in [0.4, 0.5) is 17.3 Å². The Kier molecular flexibility index (Phi) is 3.60. The second-order valence-corrected chi connectivity index (χ2v) is 3.98. The minimum absolute atomic E-state index is 0.00645. The van der Waals surface area contributed by atoms with Gasteiger partial charge in [0.25, 0.3) is 5.69 Å². The summed E-state index contributed by atoms with van der Waals surface area (Å²) in [7, 11) is 3.49. The van der Waals surface area contributed by atoms with E-state index in [0.29, 0.717) is 18.2 Å². The van der Waals surface area contributed by atoms with Crippen LogP contribution in [-0.4, -0.2) is 26.7 Å². The second kappa shape index (κ2) is 5.34. The Morgan fingerprint density at radius 1 is 1.42 bits per heavy atom. The van der Waals surface area contributed by atoms with Gasteiger partial charge in [0.2, 0.25) is 0 Å². The van der Waals surface area contributed by atoms with Crippen molar-refractivity contribution in [2.24, 2.45) is 7.05 Å². The van der Waals surface area contributed by atoms with Crippen molar-refractivity contribution in [1.29, 1.82) is 0 Å². The fraction of sp³-hybridized carbons (Fsp3) is 0.273. The molecule has 0 unspecified atom stereocenters. The lowest BCUT2D eigenvalue weighted by atomic mass is 10.3. The quantitative estimate of drug-likeness (QED) is 0.624. The van der Waals surface area contributed by atoms with E-state index in [0.717, 1.165) is 5.56 Å². The first kappa shape index (κ1) is 12.8. The lowest BCUT2D eigenvalue weighted by Gasteiger charge is -2.06. The summed E-state index contributed by atoms with van der Waals surface area (Å²) in [6.45, 7) is 0.505. The van der Waals surface area contributed by atoms with E-state index in [9.17, 15) is 10.1 Å². The van der Waals surface area contributed by atoms with Crippen molar-refractivity contribution >= 4 is 17.3 Å². The molecule has 0 bridgehead atoms. The van der Waals surface area contributed by atoms with Gasteiger partial charge in [0.1, 0.15) is 11.6 Å². The molecule has 0 fully saturated rings. The van der Waals surface area contributed by atoms with Gasteiger partial charge in [-0.15, -0.1) is 0 Å². The predicted octanol–water partition coefficient (Wildman–Crippen LogP) is 1.38. The number of aryl methyl sites for hydroxylation is 1. The lowest BCUT2D eigenvalue weighted by Crippen LogP contribution is -2.04. The van der Waals surface area contributed by atoms with E-state index < -0.39 is 4.92 Å². The molecule has 8 heteroatoms. The molecule has 19 heavy (non-hydrogen) atoms. The van der Waals surface area contributed by atoms with Gasteiger partial charge < -0.3 is 10.6 Å². The summed E-state index contributed by atoms with van der Waals surface area (Å²) in [6, 6.07) is 2.78. The molecule has 0 aromatic carbocycles. The van der Waals surface area contributed by atoms with Crippen LogP contribution in [0.15, 0.2) is 24.5 Å². The molecule has 0 aliphatic rings. The molecule has 2 aromatic rings. The van der Waals surface area contributed by atoms with Crippen LogP contribution in [-0.2, 0) is 13.6 Å². The molecule has 0 saturated heterocycles. The highest BCUT2D eigenvalue weighted by Gasteiger charge is 2.10. The maximum Gasteiger partial charge on any atom is 0.276 e. The van der Waals surface area contributed by atoms with E-state index >= 15 is 0 Å². The molecule has 0 spiro atoms. The first-order valence-electron chi connectivity index (χ1n) is 5.64. The molecule has 8 nitrogen and oxygen atoms in total. The van der Waals surface area contributed by atoms with Crippen molar-refractivity contribution in [2.45, 2.75) is 6.54 Å². The van der Waals surface area contributed by atoms with Crippen molar-refractivity contribution in [3.8, 4) is 0 Å². The number of nitrogens with zero attached hydrogens (tertiary/aromatic N) is 4. The van der Waals surface area contributed by atoms with Gasteiger partial charge in [0.15, 0.2) is 0 Å². The fourth-order valence-corrected chi connectivity index (χ4v) is 1.60. The minimum atomic E-state index is -0.447. The van der Waals surface area contributed by atoms with Crippen molar-refractivity contribution in [3.05, 3.63) is 40.2 Å².